The van der Waals surface area contributed by atoms with E-state index >= 15 is 0 Å². The van der Waals surface area contributed by atoms with Crippen molar-refractivity contribution >= 4 is 0 Å². The van der Waals surface area contributed by atoms with E-state index < -0.39 is 0 Å². The van der Waals surface area contributed by atoms with Crippen molar-refractivity contribution in [2.45, 2.75) is 19.4 Å². The minimum atomic E-state index is 1.10. The molecule has 3 rings (SSSR count). The molecule has 0 bridgehead atoms. The second-order valence-corrected chi connectivity index (χ2v) is 5.08. The summed E-state index contributed by atoms with van der Waals surface area (Å²) < 4.78 is 0. The second kappa shape index (κ2) is 5.03. The molecule has 0 amide bonds. The Balaban J connectivity index is 1.66. The zero-order chi connectivity index (χ0) is 11.5. The van der Waals surface area contributed by atoms with E-state index in [0.717, 1.165) is 19.6 Å². The first kappa shape index (κ1) is 11.0. The summed E-state index contributed by atoms with van der Waals surface area (Å²) in [6.07, 6.45) is 2.51. The van der Waals surface area contributed by atoms with Crippen LogP contribution in [0.1, 0.15) is 18.4 Å². The van der Waals surface area contributed by atoms with Gasteiger partial charge in [-0.15, -0.1) is 0 Å². The fourth-order valence-electron chi connectivity index (χ4n) is 2.85. The van der Waals surface area contributed by atoms with Gasteiger partial charge in [0.05, 0.1) is 0 Å². The van der Waals surface area contributed by atoms with Crippen LogP contribution in [0.2, 0.25) is 0 Å². The van der Waals surface area contributed by atoms with Crippen molar-refractivity contribution in [1.82, 2.24) is 10.2 Å². The molecule has 0 unspecified atom stereocenters. The first-order valence-corrected chi connectivity index (χ1v) is 6.58. The summed E-state index contributed by atoms with van der Waals surface area (Å²) in [5.41, 5.74) is 4.82. The number of nitrogens with zero attached hydrogens (tertiary/aromatic N) is 1. The van der Waals surface area contributed by atoms with Gasteiger partial charge in [-0.2, -0.15) is 0 Å². The van der Waals surface area contributed by atoms with Crippen LogP contribution in [0.25, 0.3) is 0 Å². The quantitative estimate of drug-likeness (QED) is 0.781. The molecule has 0 atom stereocenters. The Morgan fingerprint density at radius 2 is 1.94 bits per heavy atom. The lowest BCUT2D eigenvalue weighted by atomic mass is 9.94. The monoisotopic (exact) mass is 228 g/mol. The summed E-state index contributed by atoms with van der Waals surface area (Å²) in [5.74, 6) is 0. The number of hydrogen-bond donors (Lipinski definition) is 1. The van der Waals surface area contributed by atoms with Gasteiger partial charge in [-0.05, 0) is 24.9 Å². The molecule has 17 heavy (non-hydrogen) atoms. The van der Waals surface area contributed by atoms with Crippen LogP contribution in [-0.4, -0.2) is 31.1 Å². The van der Waals surface area contributed by atoms with Crippen molar-refractivity contribution < 1.29 is 0 Å². The van der Waals surface area contributed by atoms with Gasteiger partial charge in [0, 0.05) is 26.2 Å². The van der Waals surface area contributed by atoms with Crippen LogP contribution in [0.15, 0.2) is 41.5 Å². The molecule has 0 aliphatic carbocycles. The van der Waals surface area contributed by atoms with Crippen LogP contribution in [0.5, 0.6) is 0 Å². The van der Waals surface area contributed by atoms with Crippen LogP contribution in [0.3, 0.4) is 0 Å². The Hall–Kier alpha value is -1.12. The summed E-state index contributed by atoms with van der Waals surface area (Å²) in [7, 11) is 0. The molecule has 0 spiro atoms. The van der Waals surface area contributed by atoms with E-state index in [1.807, 2.05) is 0 Å². The zero-order valence-corrected chi connectivity index (χ0v) is 10.3. The third-order valence-electron chi connectivity index (χ3n) is 3.84. The second-order valence-electron chi connectivity index (χ2n) is 5.08. The van der Waals surface area contributed by atoms with Crippen LogP contribution in [0.4, 0.5) is 0 Å². The predicted molar refractivity (Wildman–Crippen MR) is 70.8 cm³/mol. The standard InChI is InChI=1S/C15H20N2/c1-2-4-13(5-3-1)11-17-9-7-14-10-16-8-6-15(14)12-17/h1-5,16H,6-12H2. The number of nitrogens with one attached hydrogen (secondary N) is 1. The molecular weight excluding hydrogens is 208 g/mol. The summed E-state index contributed by atoms with van der Waals surface area (Å²) in [6, 6.07) is 10.8. The van der Waals surface area contributed by atoms with E-state index in [9.17, 15) is 0 Å². The first-order valence-electron chi connectivity index (χ1n) is 6.58. The highest BCUT2D eigenvalue weighted by Gasteiger charge is 2.20. The molecule has 0 fully saturated rings. The normalized spacial score (nSPS) is 21.4. The lowest BCUT2D eigenvalue weighted by Crippen LogP contribution is -2.37. The van der Waals surface area contributed by atoms with Crippen LogP contribution >= 0.6 is 0 Å². The molecule has 2 aliphatic heterocycles. The number of rotatable bonds is 2. The highest BCUT2D eigenvalue weighted by Crippen LogP contribution is 2.23. The largest absolute Gasteiger partial charge is 0.313 e. The van der Waals surface area contributed by atoms with E-state index in [4.69, 9.17) is 0 Å². The Bertz CT molecular complexity index is 408. The molecule has 2 heteroatoms. The van der Waals surface area contributed by atoms with Crippen LogP contribution in [0, 0.1) is 0 Å². The third-order valence-corrected chi connectivity index (χ3v) is 3.84. The van der Waals surface area contributed by atoms with Crippen LogP contribution in [-0.2, 0) is 6.54 Å². The third kappa shape index (κ3) is 2.59. The van der Waals surface area contributed by atoms with Crippen molar-refractivity contribution in [1.29, 1.82) is 0 Å². The van der Waals surface area contributed by atoms with E-state index in [2.05, 4.69) is 40.5 Å². The predicted octanol–water partition coefficient (Wildman–Crippen LogP) is 2.18. The summed E-state index contributed by atoms with van der Waals surface area (Å²) in [4.78, 5) is 2.58. The van der Waals surface area contributed by atoms with Gasteiger partial charge in [0.15, 0.2) is 0 Å². The average molecular weight is 228 g/mol. The van der Waals surface area contributed by atoms with Crippen molar-refractivity contribution in [3.05, 3.63) is 47.0 Å². The molecule has 0 saturated heterocycles. The summed E-state index contributed by atoms with van der Waals surface area (Å²) >= 11 is 0. The van der Waals surface area contributed by atoms with Crippen molar-refractivity contribution in [2.75, 3.05) is 26.2 Å². The number of hydrogen-bond acceptors (Lipinski definition) is 2. The Labute approximate surface area is 103 Å². The smallest absolute Gasteiger partial charge is 0.0237 e. The molecule has 2 aliphatic rings. The molecule has 2 nitrogen and oxygen atoms in total. The van der Waals surface area contributed by atoms with E-state index in [1.54, 1.807) is 11.1 Å². The Morgan fingerprint density at radius 3 is 2.82 bits per heavy atom. The van der Waals surface area contributed by atoms with Crippen molar-refractivity contribution in [3.63, 3.8) is 0 Å². The lowest BCUT2D eigenvalue weighted by molar-refractivity contribution is 0.268. The average Bonchev–Trinajstić information content (AvgIpc) is 2.40. The minimum Gasteiger partial charge on any atom is -0.313 e. The topological polar surface area (TPSA) is 15.3 Å². The fraction of sp³-hybridized carbons (Fsp3) is 0.467. The molecule has 90 valence electrons. The molecule has 1 aromatic carbocycles. The molecule has 0 saturated carbocycles. The van der Waals surface area contributed by atoms with Gasteiger partial charge in [-0.1, -0.05) is 41.5 Å². The van der Waals surface area contributed by atoms with Crippen LogP contribution < -0.4 is 5.32 Å². The van der Waals surface area contributed by atoms with Gasteiger partial charge in [-0.3, -0.25) is 4.90 Å². The zero-order valence-electron chi connectivity index (χ0n) is 10.3. The maximum Gasteiger partial charge on any atom is 0.0237 e. The molecular formula is C15H20N2. The van der Waals surface area contributed by atoms with E-state index in [0.29, 0.717) is 0 Å². The van der Waals surface area contributed by atoms with E-state index in [1.165, 1.54) is 31.5 Å². The first-order chi connectivity index (χ1) is 8.42. The molecule has 2 heterocycles. The Kier molecular flexibility index (Phi) is 3.25. The lowest BCUT2D eigenvalue weighted by Gasteiger charge is -2.33. The maximum absolute atomic E-state index is 3.47. The summed E-state index contributed by atoms with van der Waals surface area (Å²) in [5, 5.41) is 3.47. The maximum atomic E-state index is 3.47. The fourth-order valence-corrected chi connectivity index (χ4v) is 2.85. The van der Waals surface area contributed by atoms with Crippen molar-refractivity contribution in [2.24, 2.45) is 0 Å². The highest BCUT2D eigenvalue weighted by atomic mass is 15.1. The van der Waals surface area contributed by atoms with Gasteiger partial charge in [0.2, 0.25) is 0 Å². The molecule has 1 aromatic rings. The minimum absolute atomic E-state index is 1.10. The SMILES string of the molecule is c1ccc(CN2CCC3=C(CCNC3)C2)cc1. The van der Waals surface area contributed by atoms with Gasteiger partial charge in [0.25, 0.3) is 0 Å². The Morgan fingerprint density at radius 1 is 1.06 bits per heavy atom. The van der Waals surface area contributed by atoms with Gasteiger partial charge < -0.3 is 5.32 Å². The summed E-state index contributed by atoms with van der Waals surface area (Å²) in [6.45, 7) is 5.80. The molecule has 0 radical (unpaired) electrons. The highest BCUT2D eigenvalue weighted by molar-refractivity contribution is 5.24. The van der Waals surface area contributed by atoms with E-state index in [-0.39, 0.29) is 0 Å². The molecule has 1 N–H and O–H groups in total. The molecule has 0 aromatic heterocycles. The van der Waals surface area contributed by atoms with Gasteiger partial charge >= 0.3 is 0 Å². The van der Waals surface area contributed by atoms with Gasteiger partial charge in [0.1, 0.15) is 0 Å². The van der Waals surface area contributed by atoms with Crippen molar-refractivity contribution in [3.8, 4) is 0 Å². The van der Waals surface area contributed by atoms with Gasteiger partial charge in [-0.25, -0.2) is 0 Å². The number of benzene rings is 1.